The third-order valence-electron chi connectivity index (χ3n) is 1.36. The molecule has 3 heteroatoms. The maximum atomic E-state index is 5.24. The van der Waals surface area contributed by atoms with Crippen molar-refractivity contribution < 1.29 is 0 Å². The number of thiocarbonyl (C=S) groups is 1. The molecule has 0 aromatic heterocycles. The van der Waals surface area contributed by atoms with Crippen molar-refractivity contribution in [2.24, 2.45) is 0 Å². The van der Waals surface area contributed by atoms with Crippen LogP contribution >= 0.6 is 24.0 Å². The van der Waals surface area contributed by atoms with E-state index in [9.17, 15) is 0 Å². The summed E-state index contributed by atoms with van der Waals surface area (Å²) in [5.41, 5.74) is 0. The smallest absolute Gasteiger partial charge is 0.136 e. The van der Waals surface area contributed by atoms with Gasteiger partial charge >= 0.3 is 0 Å². The van der Waals surface area contributed by atoms with Gasteiger partial charge in [-0.1, -0.05) is 37.8 Å². The van der Waals surface area contributed by atoms with E-state index in [2.05, 4.69) is 32.6 Å². The van der Waals surface area contributed by atoms with Crippen LogP contribution < -0.4 is 0 Å². The summed E-state index contributed by atoms with van der Waals surface area (Å²) in [6, 6.07) is 0. The summed E-state index contributed by atoms with van der Waals surface area (Å²) in [6.07, 6.45) is 0. The minimum absolute atomic E-state index is 0.600. The zero-order valence-corrected chi connectivity index (χ0v) is 9.39. The standard InChI is InChI=1S/C8H17NS2/c1-5-9(6-2)8(10)11-7(3)4/h7H,5-6H2,1-4H3. The van der Waals surface area contributed by atoms with Crippen molar-refractivity contribution >= 4 is 28.3 Å². The second kappa shape index (κ2) is 5.84. The lowest BCUT2D eigenvalue weighted by molar-refractivity contribution is 0.482. The maximum Gasteiger partial charge on any atom is 0.136 e. The number of hydrogen-bond acceptors (Lipinski definition) is 2. The van der Waals surface area contributed by atoms with Crippen molar-refractivity contribution in [2.75, 3.05) is 13.1 Å². The van der Waals surface area contributed by atoms with Crippen molar-refractivity contribution in [3.8, 4) is 0 Å². The van der Waals surface area contributed by atoms with E-state index in [-0.39, 0.29) is 0 Å². The number of nitrogens with zero attached hydrogens (tertiary/aromatic N) is 1. The Kier molecular flexibility index (Phi) is 5.96. The second-order valence-corrected chi connectivity index (χ2v) is 4.82. The zero-order chi connectivity index (χ0) is 8.85. The highest BCUT2D eigenvalue weighted by Gasteiger charge is 2.06. The summed E-state index contributed by atoms with van der Waals surface area (Å²) >= 11 is 7.01. The number of rotatable bonds is 3. The summed E-state index contributed by atoms with van der Waals surface area (Å²) in [5, 5.41) is 0.600. The molecule has 0 radical (unpaired) electrons. The van der Waals surface area contributed by atoms with Gasteiger partial charge in [-0.3, -0.25) is 0 Å². The van der Waals surface area contributed by atoms with Gasteiger partial charge in [-0.2, -0.15) is 0 Å². The monoisotopic (exact) mass is 191 g/mol. The average Bonchev–Trinajstić information content (AvgIpc) is 1.88. The van der Waals surface area contributed by atoms with E-state index in [1.807, 2.05) is 0 Å². The molecule has 0 unspecified atom stereocenters. The van der Waals surface area contributed by atoms with Crippen LogP contribution in [0.4, 0.5) is 0 Å². The van der Waals surface area contributed by atoms with Crippen LogP contribution in [0.2, 0.25) is 0 Å². The molecule has 0 aliphatic rings. The van der Waals surface area contributed by atoms with Gasteiger partial charge in [0, 0.05) is 18.3 Å². The number of thioether (sulfide) groups is 1. The highest BCUT2D eigenvalue weighted by atomic mass is 32.2. The Morgan fingerprint density at radius 1 is 1.36 bits per heavy atom. The second-order valence-electron chi connectivity index (χ2n) is 2.60. The normalized spacial score (nSPS) is 10.3. The molecule has 0 aliphatic carbocycles. The fraction of sp³-hybridized carbons (Fsp3) is 0.875. The first kappa shape index (κ1) is 11.2. The molecule has 0 saturated heterocycles. The summed E-state index contributed by atoms with van der Waals surface area (Å²) in [6.45, 7) is 10.7. The van der Waals surface area contributed by atoms with Crippen LogP contribution in [0.25, 0.3) is 0 Å². The highest BCUT2D eigenvalue weighted by molar-refractivity contribution is 8.23. The minimum atomic E-state index is 0.600. The van der Waals surface area contributed by atoms with E-state index in [4.69, 9.17) is 12.2 Å². The summed E-state index contributed by atoms with van der Waals surface area (Å²) in [7, 11) is 0. The van der Waals surface area contributed by atoms with Gasteiger partial charge in [-0.05, 0) is 13.8 Å². The molecular formula is C8H17NS2. The molecule has 0 fully saturated rings. The Balaban J connectivity index is 3.79. The van der Waals surface area contributed by atoms with Gasteiger partial charge in [0.15, 0.2) is 0 Å². The Morgan fingerprint density at radius 2 is 1.82 bits per heavy atom. The van der Waals surface area contributed by atoms with E-state index in [0.717, 1.165) is 17.4 Å². The Labute approximate surface area is 79.5 Å². The molecule has 0 N–H and O–H groups in total. The molecule has 0 aromatic carbocycles. The molecule has 0 heterocycles. The van der Waals surface area contributed by atoms with Crippen LogP contribution in [0, 0.1) is 0 Å². The Bertz CT molecular complexity index is 119. The lowest BCUT2D eigenvalue weighted by atomic mass is 10.6. The Morgan fingerprint density at radius 3 is 2.09 bits per heavy atom. The van der Waals surface area contributed by atoms with Gasteiger partial charge in [0.1, 0.15) is 4.32 Å². The first-order chi connectivity index (χ1) is 5.11. The van der Waals surface area contributed by atoms with Gasteiger partial charge in [-0.25, -0.2) is 0 Å². The SMILES string of the molecule is CCN(CC)C(=S)SC(C)C. The fourth-order valence-electron chi connectivity index (χ4n) is 0.758. The van der Waals surface area contributed by atoms with Crippen LogP contribution in [0.3, 0.4) is 0 Å². The molecule has 0 rings (SSSR count). The quantitative estimate of drug-likeness (QED) is 0.632. The van der Waals surface area contributed by atoms with Crippen LogP contribution in [0.1, 0.15) is 27.7 Å². The van der Waals surface area contributed by atoms with Crippen LogP contribution in [0.5, 0.6) is 0 Å². The van der Waals surface area contributed by atoms with Crippen LogP contribution in [-0.4, -0.2) is 27.6 Å². The van der Waals surface area contributed by atoms with Crippen molar-refractivity contribution in [1.29, 1.82) is 0 Å². The first-order valence-corrected chi connectivity index (χ1v) is 5.36. The van der Waals surface area contributed by atoms with Gasteiger partial charge in [0.2, 0.25) is 0 Å². The molecule has 0 aromatic rings. The van der Waals surface area contributed by atoms with Crippen molar-refractivity contribution in [1.82, 2.24) is 4.90 Å². The molecule has 0 atom stereocenters. The molecule has 66 valence electrons. The fourth-order valence-corrected chi connectivity index (χ4v) is 2.40. The summed E-state index contributed by atoms with van der Waals surface area (Å²) in [4.78, 5) is 2.21. The molecule has 0 aliphatic heterocycles. The van der Waals surface area contributed by atoms with Gasteiger partial charge in [0.05, 0.1) is 0 Å². The van der Waals surface area contributed by atoms with Crippen LogP contribution in [0.15, 0.2) is 0 Å². The Hall–Kier alpha value is 0.240. The molecule has 11 heavy (non-hydrogen) atoms. The molecule has 0 spiro atoms. The average molecular weight is 191 g/mol. The first-order valence-electron chi connectivity index (χ1n) is 4.07. The van der Waals surface area contributed by atoms with E-state index in [1.165, 1.54) is 0 Å². The molecule has 0 bridgehead atoms. The van der Waals surface area contributed by atoms with Crippen molar-refractivity contribution in [3.63, 3.8) is 0 Å². The third-order valence-corrected chi connectivity index (χ3v) is 2.84. The van der Waals surface area contributed by atoms with Crippen molar-refractivity contribution in [2.45, 2.75) is 32.9 Å². The molecule has 0 amide bonds. The van der Waals surface area contributed by atoms with E-state index in [1.54, 1.807) is 11.8 Å². The topological polar surface area (TPSA) is 3.24 Å². The largest absolute Gasteiger partial charge is 0.358 e. The van der Waals surface area contributed by atoms with Gasteiger partial charge in [-0.15, -0.1) is 0 Å². The molecule has 0 saturated carbocycles. The molecular weight excluding hydrogens is 174 g/mol. The lowest BCUT2D eigenvalue weighted by Gasteiger charge is -2.21. The maximum absolute atomic E-state index is 5.24. The summed E-state index contributed by atoms with van der Waals surface area (Å²) < 4.78 is 1.03. The lowest BCUT2D eigenvalue weighted by Crippen LogP contribution is -2.27. The summed E-state index contributed by atoms with van der Waals surface area (Å²) in [5.74, 6) is 0. The molecule has 1 nitrogen and oxygen atoms in total. The van der Waals surface area contributed by atoms with Gasteiger partial charge in [0.25, 0.3) is 0 Å². The van der Waals surface area contributed by atoms with E-state index >= 15 is 0 Å². The minimum Gasteiger partial charge on any atom is -0.358 e. The van der Waals surface area contributed by atoms with Crippen LogP contribution in [-0.2, 0) is 0 Å². The zero-order valence-electron chi connectivity index (χ0n) is 7.76. The van der Waals surface area contributed by atoms with E-state index in [0.29, 0.717) is 5.25 Å². The van der Waals surface area contributed by atoms with Gasteiger partial charge < -0.3 is 4.90 Å². The highest BCUT2D eigenvalue weighted by Crippen LogP contribution is 2.14. The predicted octanol–water partition coefficient (Wildman–Crippen LogP) is 2.75. The predicted molar refractivity (Wildman–Crippen MR) is 58.2 cm³/mol. The van der Waals surface area contributed by atoms with Crippen molar-refractivity contribution in [3.05, 3.63) is 0 Å². The van der Waals surface area contributed by atoms with E-state index < -0.39 is 0 Å². The third kappa shape index (κ3) is 4.64. The number of hydrogen-bond donors (Lipinski definition) is 0.